The van der Waals surface area contributed by atoms with Crippen LogP contribution < -0.4 is 27.4 Å². The molecular weight excluding hydrogens is 550 g/mol. The number of amides is 3. The number of unbranched alkanes of at least 4 members (excludes halogenated alkanes) is 1. The number of phenolic OH excluding ortho intramolecular Hbond substituents is 2. The highest BCUT2D eigenvalue weighted by molar-refractivity contribution is 5.95. The molecule has 0 heterocycles. The van der Waals surface area contributed by atoms with Gasteiger partial charge in [-0.2, -0.15) is 0 Å². The van der Waals surface area contributed by atoms with Crippen molar-refractivity contribution >= 4 is 29.7 Å². The number of nitrogens with one attached hydrogen (secondary N) is 3. The van der Waals surface area contributed by atoms with E-state index in [1.807, 2.05) is 0 Å². The first-order chi connectivity index (χ1) is 19.9. The number of hydrogen-bond acceptors (Lipinski definition) is 9. The molecule has 0 saturated heterocycles. The smallest absolute Gasteiger partial charge is 0.326 e. The van der Waals surface area contributed by atoms with Crippen molar-refractivity contribution in [3.63, 3.8) is 0 Å². The maximum Gasteiger partial charge on any atom is 0.326 e. The van der Waals surface area contributed by atoms with Crippen LogP contribution >= 0.6 is 0 Å². The van der Waals surface area contributed by atoms with Crippen LogP contribution in [0.2, 0.25) is 0 Å². The lowest BCUT2D eigenvalue weighted by atomic mass is 10.0. The number of aromatic hydroxyl groups is 2. The van der Waals surface area contributed by atoms with Crippen LogP contribution in [0.5, 0.6) is 11.5 Å². The van der Waals surface area contributed by atoms with Crippen LogP contribution in [0.3, 0.4) is 0 Å². The molecule has 4 atom stereocenters. The van der Waals surface area contributed by atoms with E-state index in [0.717, 1.165) is 0 Å². The van der Waals surface area contributed by atoms with Crippen LogP contribution in [0.1, 0.15) is 36.8 Å². The third kappa shape index (κ3) is 11.4. The molecule has 0 saturated carbocycles. The second-order valence-corrected chi connectivity index (χ2v) is 9.75. The minimum Gasteiger partial charge on any atom is -0.508 e. The van der Waals surface area contributed by atoms with E-state index in [1.165, 1.54) is 36.4 Å². The summed E-state index contributed by atoms with van der Waals surface area (Å²) >= 11 is 0. The number of aliphatic carboxylic acids is 2. The molecule has 42 heavy (non-hydrogen) atoms. The summed E-state index contributed by atoms with van der Waals surface area (Å²) < 4.78 is 0. The van der Waals surface area contributed by atoms with Gasteiger partial charge >= 0.3 is 11.9 Å². The molecule has 0 spiro atoms. The van der Waals surface area contributed by atoms with Crippen molar-refractivity contribution < 1.29 is 44.4 Å². The van der Waals surface area contributed by atoms with Gasteiger partial charge < -0.3 is 47.8 Å². The van der Waals surface area contributed by atoms with Crippen LogP contribution in [0.15, 0.2) is 48.5 Å². The van der Waals surface area contributed by atoms with Gasteiger partial charge in [0.15, 0.2) is 0 Å². The highest BCUT2D eigenvalue weighted by atomic mass is 16.4. The topological polar surface area (TPSA) is 254 Å². The fourth-order valence-corrected chi connectivity index (χ4v) is 4.01. The quantitative estimate of drug-likeness (QED) is 0.105. The van der Waals surface area contributed by atoms with E-state index in [0.29, 0.717) is 30.5 Å². The Labute approximate surface area is 242 Å². The molecular formula is C28H37N5O9. The van der Waals surface area contributed by atoms with Gasteiger partial charge in [0, 0.05) is 6.42 Å². The molecule has 0 aromatic heterocycles. The van der Waals surface area contributed by atoms with Gasteiger partial charge in [-0.25, -0.2) is 4.79 Å². The molecule has 0 aliphatic heterocycles. The number of phenols is 2. The molecule has 14 nitrogen and oxygen atoms in total. The number of nitrogens with two attached hydrogens (primary N) is 2. The summed E-state index contributed by atoms with van der Waals surface area (Å²) in [5, 5.41) is 45.0. The average Bonchev–Trinajstić information content (AvgIpc) is 2.93. The third-order valence-electron chi connectivity index (χ3n) is 6.31. The SMILES string of the molecule is NCCCCC(NC(=O)C(CC(=O)O)NC(=O)C(Cc1ccc(O)cc1)NC(=O)C(N)Cc1ccc(O)cc1)C(=O)O. The second-order valence-electron chi connectivity index (χ2n) is 9.75. The van der Waals surface area contributed by atoms with Crippen molar-refractivity contribution in [2.75, 3.05) is 6.54 Å². The Morgan fingerprint density at radius 1 is 0.667 bits per heavy atom. The zero-order valence-electron chi connectivity index (χ0n) is 22.9. The molecule has 3 amide bonds. The molecule has 4 unspecified atom stereocenters. The molecule has 14 heteroatoms. The van der Waals surface area contributed by atoms with Crippen molar-refractivity contribution in [3.8, 4) is 11.5 Å². The lowest BCUT2D eigenvalue weighted by molar-refractivity contribution is -0.143. The normalized spacial score (nSPS) is 13.7. The lowest BCUT2D eigenvalue weighted by Crippen LogP contribution is -2.58. The first kappa shape index (κ1) is 33.5. The highest BCUT2D eigenvalue weighted by Gasteiger charge is 2.31. The first-order valence-electron chi connectivity index (χ1n) is 13.3. The zero-order valence-corrected chi connectivity index (χ0v) is 22.9. The molecule has 2 aromatic carbocycles. The summed E-state index contributed by atoms with van der Waals surface area (Å²) in [6.07, 6.45) is 0.0706. The van der Waals surface area contributed by atoms with Gasteiger partial charge in [-0.3, -0.25) is 19.2 Å². The molecule has 228 valence electrons. The maximum atomic E-state index is 13.3. The van der Waals surface area contributed by atoms with Crippen molar-refractivity contribution in [3.05, 3.63) is 59.7 Å². The Bertz CT molecular complexity index is 1220. The minimum atomic E-state index is -1.66. The third-order valence-corrected chi connectivity index (χ3v) is 6.31. The Balaban J connectivity index is 2.22. The lowest BCUT2D eigenvalue weighted by Gasteiger charge is -2.25. The summed E-state index contributed by atoms with van der Waals surface area (Å²) in [5.41, 5.74) is 12.6. The number of carbonyl (C=O) groups is 5. The van der Waals surface area contributed by atoms with Gasteiger partial charge in [-0.05, 0) is 67.6 Å². The Hall–Kier alpha value is -4.69. The summed E-state index contributed by atoms with van der Waals surface area (Å²) in [7, 11) is 0. The van der Waals surface area contributed by atoms with Gasteiger partial charge in [-0.15, -0.1) is 0 Å². The van der Waals surface area contributed by atoms with Gasteiger partial charge in [-0.1, -0.05) is 24.3 Å². The van der Waals surface area contributed by atoms with Gasteiger partial charge in [0.1, 0.15) is 29.6 Å². The zero-order chi connectivity index (χ0) is 31.2. The number of carboxylic acids is 2. The van der Waals surface area contributed by atoms with Gasteiger partial charge in [0.25, 0.3) is 0 Å². The first-order valence-corrected chi connectivity index (χ1v) is 13.3. The van der Waals surface area contributed by atoms with Crippen molar-refractivity contribution in [2.45, 2.75) is 62.7 Å². The minimum absolute atomic E-state index is 0.0302. The average molecular weight is 588 g/mol. The number of rotatable bonds is 17. The number of hydrogen-bond donors (Lipinski definition) is 9. The van der Waals surface area contributed by atoms with Crippen molar-refractivity contribution in [1.29, 1.82) is 0 Å². The molecule has 0 fully saturated rings. The van der Waals surface area contributed by atoms with Crippen LogP contribution in [0.25, 0.3) is 0 Å². The van der Waals surface area contributed by atoms with Crippen LogP contribution in [-0.4, -0.2) is 80.8 Å². The summed E-state index contributed by atoms with van der Waals surface area (Å²) in [4.78, 5) is 62.3. The van der Waals surface area contributed by atoms with Crippen LogP contribution in [0.4, 0.5) is 0 Å². The Morgan fingerprint density at radius 2 is 1.14 bits per heavy atom. The molecule has 0 aliphatic carbocycles. The molecule has 2 aromatic rings. The summed E-state index contributed by atoms with van der Waals surface area (Å²) in [6.45, 7) is 0.324. The van der Waals surface area contributed by atoms with E-state index < -0.39 is 60.2 Å². The Morgan fingerprint density at radius 3 is 1.64 bits per heavy atom. The predicted octanol–water partition coefficient (Wildman–Crippen LogP) is -0.647. The standard InChI is InChI=1S/C28H37N5O9/c29-12-2-1-3-21(28(41)42)31-27(40)23(15-24(36)37)33-26(39)22(14-17-6-10-19(35)11-7-17)32-25(38)20(30)13-16-4-8-18(34)9-5-16/h4-11,20-23,34-35H,1-3,12-15,29-30H2,(H,31,40)(H,32,38)(H,33,39)(H,36,37)(H,41,42). The van der Waals surface area contributed by atoms with E-state index in [9.17, 15) is 44.4 Å². The van der Waals surface area contributed by atoms with Crippen molar-refractivity contribution in [1.82, 2.24) is 16.0 Å². The predicted molar refractivity (Wildman–Crippen MR) is 150 cm³/mol. The van der Waals surface area contributed by atoms with E-state index in [2.05, 4.69) is 16.0 Å². The molecule has 0 radical (unpaired) electrons. The van der Waals surface area contributed by atoms with Crippen LogP contribution in [-0.2, 0) is 36.8 Å². The number of carboxylic acid groups (broad SMARTS) is 2. The van der Waals surface area contributed by atoms with E-state index in [1.54, 1.807) is 12.1 Å². The number of carbonyl (C=O) groups excluding carboxylic acids is 3. The van der Waals surface area contributed by atoms with E-state index in [-0.39, 0.29) is 30.8 Å². The highest BCUT2D eigenvalue weighted by Crippen LogP contribution is 2.13. The molecule has 2 rings (SSSR count). The largest absolute Gasteiger partial charge is 0.508 e. The van der Waals surface area contributed by atoms with Gasteiger partial charge in [0.2, 0.25) is 17.7 Å². The molecule has 0 aliphatic rings. The van der Waals surface area contributed by atoms with Crippen molar-refractivity contribution in [2.24, 2.45) is 11.5 Å². The second kappa shape index (κ2) is 16.5. The maximum absolute atomic E-state index is 13.3. The fraction of sp³-hybridized carbons (Fsp3) is 0.393. The fourth-order valence-electron chi connectivity index (χ4n) is 4.01. The van der Waals surface area contributed by atoms with E-state index in [4.69, 9.17) is 11.5 Å². The number of benzene rings is 2. The van der Waals surface area contributed by atoms with E-state index >= 15 is 0 Å². The molecule has 0 bridgehead atoms. The summed E-state index contributed by atoms with van der Waals surface area (Å²) in [6, 6.07) is 6.39. The van der Waals surface area contributed by atoms with Gasteiger partial charge in [0.05, 0.1) is 12.5 Å². The Kier molecular flexibility index (Phi) is 13.2. The molecule has 11 N–H and O–H groups in total. The summed E-state index contributed by atoms with van der Waals surface area (Å²) in [5.74, 6) is -5.41. The van der Waals surface area contributed by atoms with Crippen LogP contribution in [0, 0.1) is 0 Å². The monoisotopic (exact) mass is 587 g/mol.